The Morgan fingerprint density at radius 2 is 1.74 bits per heavy atom. The van der Waals surface area contributed by atoms with Gasteiger partial charge in [0.15, 0.2) is 17.3 Å². The Morgan fingerprint density at radius 3 is 2.32 bits per heavy atom. The normalized spacial score (nSPS) is 17.6. The number of carbonyl (C=O) groups excluding carboxylic acids is 1. The Labute approximate surface area is 204 Å². The highest BCUT2D eigenvalue weighted by Crippen LogP contribution is 2.48. The maximum Gasteiger partial charge on any atom is 0.203 e. The summed E-state index contributed by atoms with van der Waals surface area (Å²) in [4.78, 5) is 13.1. The predicted molar refractivity (Wildman–Crippen MR) is 133 cm³/mol. The number of hydrogen-bond acceptors (Lipinski definition) is 7. The van der Waals surface area contributed by atoms with Crippen LogP contribution in [0, 0.1) is 18.3 Å². The molecule has 1 atom stereocenters. The number of nitrogens with one attached hydrogen (secondary N) is 1. The molecule has 7 heteroatoms. The number of rotatable bonds is 7. The van der Waals surface area contributed by atoms with Gasteiger partial charge >= 0.3 is 0 Å². The lowest BCUT2D eigenvalue weighted by Crippen LogP contribution is -2.31. The van der Waals surface area contributed by atoms with Gasteiger partial charge in [-0.15, -0.1) is 11.8 Å². The van der Waals surface area contributed by atoms with Gasteiger partial charge in [-0.25, -0.2) is 0 Å². The van der Waals surface area contributed by atoms with E-state index >= 15 is 0 Å². The van der Waals surface area contributed by atoms with Crippen molar-refractivity contribution >= 4 is 17.5 Å². The molecule has 2 aliphatic rings. The van der Waals surface area contributed by atoms with Crippen LogP contribution in [0.5, 0.6) is 17.2 Å². The summed E-state index contributed by atoms with van der Waals surface area (Å²) in [6, 6.07) is 14.4. The highest BCUT2D eigenvalue weighted by molar-refractivity contribution is 8.02. The highest BCUT2D eigenvalue weighted by Gasteiger charge is 2.38. The fourth-order valence-corrected chi connectivity index (χ4v) is 5.50. The molecule has 0 aromatic heterocycles. The number of methoxy groups -OCH3 is 3. The summed E-state index contributed by atoms with van der Waals surface area (Å²) in [6.45, 7) is 2.06. The smallest absolute Gasteiger partial charge is 0.203 e. The van der Waals surface area contributed by atoms with Gasteiger partial charge in [-0.3, -0.25) is 4.79 Å². The fraction of sp³-hybridized carbons (Fsp3) is 0.333. The number of nitriles is 1. The minimum absolute atomic E-state index is 0.0721. The van der Waals surface area contributed by atoms with E-state index in [0.29, 0.717) is 40.6 Å². The van der Waals surface area contributed by atoms with Crippen LogP contribution in [0.4, 0.5) is 0 Å². The molecule has 0 amide bonds. The number of ether oxygens (including phenoxy) is 3. The summed E-state index contributed by atoms with van der Waals surface area (Å²) in [5.74, 6) is 1.75. The number of ketones is 1. The Balaban J connectivity index is 1.81. The minimum Gasteiger partial charge on any atom is -0.493 e. The zero-order valence-corrected chi connectivity index (χ0v) is 20.7. The average molecular weight is 477 g/mol. The van der Waals surface area contributed by atoms with E-state index in [0.717, 1.165) is 29.1 Å². The van der Waals surface area contributed by atoms with Crippen LogP contribution < -0.4 is 19.5 Å². The van der Waals surface area contributed by atoms with Crippen LogP contribution in [-0.2, 0) is 10.5 Å². The summed E-state index contributed by atoms with van der Waals surface area (Å²) >= 11 is 1.59. The summed E-state index contributed by atoms with van der Waals surface area (Å²) < 4.78 is 16.6. The number of dihydropyridines is 1. The molecule has 2 aromatic carbocycles. The first-order valence-corrected chi connectivity index (χ1v) is 12.1. The first kappa shape index (κ1) is 23.8. The van der Waals surface area contributed by atoms with Gasteiger partial charge in [0.05, 0.1) is 43.9 Å². The number of allylic oxidation sites excluding steroid dienone is 3. The summed E-state index contributed by atoms with van der Waals surface area (Å²) in [6.07, 6.45) is 2.05. The number of thioether (sulfide) groups is 1. The first-order chi connectivity index (χ1) is 16.5. The van der Waals surface area contributed by atoms with Crippen LogP contribution in [-0.4, -0.2) is 27.1 Å². The van der Waals surface area contributed by atoms with Gasteiger partial charge < -0.3 is 19.5 Å². The second kappa shape index (κ2) is 10.3. The molecule has 0 spiro atoms. The molecule has 0 saturated heterocycles. The third kappa shape index (κ3) is 4.51. The fourth-order valence-electron chi connectivity index (χ4n) is 4.48. The molecular formula is C27H28N2O4S. The summed E-state index contributed by atoms with van der Waals surface area (Å²) in [5, 5.41) is 14.5. The van der Waals surface area contributed by atoms with Crippen molar-refractivity contribution < 1.29 is 19.0 Å². The van der Waals surface area contributed by atoms with Crippen LogP contribution in [0.2, 0.25) is 0 Å². The van der Waals surface area contributed by atoms with Crippen molar-refractivity contribution in [3.05, 3.63) is 75.0 Å². The number of hydrogen-bond donors (Lipinski definition) is 1. The third-order valence-electron chi connectivity index (χ3n) is 6.19. The van der Waals surface area contributed by atoms with Crippen LogP contribution in [0.1, 0.15) is 41.9 Å². The molecule has 6 nitrogen and oxygen atoms in total. The second-order valence-electron chi connectivity index (χ2n) is 8.31. The molecular weight excluding hydrogens is 448 g/mol. The lowest BCUT2D eigenvalue weighted by Gasteiger charge is -2.33. The Morgan fingerprint density at radius 1 is 1.06 bits per heavy atom. The quantitative estimate of drug-likeness (QED) is 0.574. The molecule has 1 aliphatic carbocycles. The van der Waals surface area contributed by atoms with Gasteiger partial charge in [-0.05, 0) is 43.0 Å². The van der Waals surface area contributed by atoms with Crippen molar-refractivity contribution in [3.8, 4) is 23.3 Å². The molecule has 1 aliphatic heterocycles. The third-order valence-corrected chi connectivity index (χ3v) is 7.28. The molecule has 0 fully saturated rings. The van der Waals surface area contributed by atoms with Crippen molar-refractivity contribution in [2.45, 2.75) is 37.9 Å². The molecule has 4 rings (SSSR count). The van der Waals surface area contributed by atoms with E-state index < -0.39 is 5.92 Å². The minimum atomic E-state index is -0.497. The van der Waals surface area contributed by atoms with E-state index in [1.165, 1.54) is 11.1 Å². The largest absolute Gasteiger partial charge is 0.493 e. The Bertz CT molecular complexity index is 1180. The number of aryl methyl sites for hydroxylation is 1. The molecule has 0 unspecified atom stereocenters. The SMILES string of the molecule is COc1cc([C@@H]2C(C#N)=C(SCc3ccc(C)cc3)NC3=C2C(=O)CCC3)cc(OC)c1OC. The molecule has 0 bridgehead atoms. The maximum absolute atomic E-state index is 13.1. The van der Waals surface area contributed by atoms with Crippen molar-refractivity contribution in [3.63, 3.8) is 0 Å². The van der Waals surface area contributed by atoms with Crippen molar-refractivity contribution in [2.24, 2.45) is 0 Å². The van der Waals surface area contributed by atoms with E-state index in [9.17, 15) is 10.1 Å². The zero-order chi connectivity index (χ0) is 24.2. The predicted octanol–water partition coefficient (Wildman–Crippen LogP) is 5.38. The molecule has 0 saturated carbocycles. The molecule has 34 heavy (non-hydrogen) atoms. The first-order valence-electron chi connectivity index (χ1n) is 11.2. The van der Waals surface area contributed by atoms with Crippen LogP contribution in [0.3, 0.4) is 0 Å². The van der Waals surface area contributed by atoms with Gasteiger partial charge in [0.25, 0.3) is 0 Å². The van der Waals surface area contributed by atoms with Gasteiger partial charge in [-0.2, -0.15) is 5.26 Å². The van der Waals surface area contributed by atoms with Crippen LogP contribution in [0.15, 0.2) is 58.3 Å². The van der Waals surface area contributed by atoms with Gasteiger partial charge in [0, 0.05) is 23.4 Å². The molecule has 2 aromatic rings. The number of benzene rings is 2. The van der Waals surface area contributed by atoms with E-state index in [1.807, 2.05) is 12.1 Å². The topological polar surface area (TPSA) is 80.6 Å². The number of nitrogens with zero attached hydrogens (tertiary/aromatic N) is 1. The van der Waals surface area contributed by atoms with E-state index in [4.69, 9.17) is 14.2 Å². The van der Waals surface area contributed by atoms with Crippen molar-refractivity contribution in [1.82, 2.24) is 5.32 Å². The second-order valence-corrected chi connectivity index (χ2v) is 9.30. The standard InChI is InChI=1S/C27H28N2O4S/c1-16-8-10-17(11-9-16)15-34-27-19(14-28)24(25-20(29-27)6-5-7-21(25)30)18-12-22(31-2)26(33-4)23(13-18)32-3/h8-13,24,29H,5-7,15H2,1-4H3/t24-/m1/s1. The average Bonchev–Trinajstić information content (AvgIpc) is 2.86. The van der Waals surface area contributed by atoms with Crippen molar-refractivity contribution in [2.75, 3.05) is 21.3 Å². The lowest BCUT2D eigenvalue weighted by atomic mass is 9.76. The van der Waals surface area contributed by atoms with Gasteiger partial charge in [0.2, 0.25) is 5.75 Å². The molecule has 0 radical (unpaired) electrons. The highest BCUT2D eigenvalue weighted by atomic mass is 32.2. The monoisotopic (exact) mass is 476 g/mol. The Hall–Kier alpha value is -3.37. The number of carbonyl (C=O) groups is 1. The zero-order valence-electron chi connectivity index (χ0n) is 19.9. The lowest BCUT2D eigenvalue weighted by molar-refractivity contribution is -0.116. The molecule has 1 N–H and O–H groups in total. The Kier molecular flexibility index (Phi) is 7.18. The van der Waals surface area contributed by atoms with E-state index in [-0.39, 0.29) is 5.78 Å². The molecule has 176 valence electrons. The number of Topliss-reactive ketones (excluding diaryl/α,β-unsaturated/α-hetero) is 1. The molecule has 1 heterocycles. The van der Waals surface area contributed by atoms with E-state index in [1.54, 1.807) is 33.1 Å². The summed E-state index contributed by atoms with van der Waals surface area (Å²) in [7, 11) is 4.67. The maximum atomic E-state index is 13.1. The van der Waals surface area contributed by atoms with Gasteiger partial charge in [-0.1, -0.05) is 29.8 Å². The van der Waals surface area contributed by atoms with E-state index in [2.05, 4.69) is 42.6 Å². The van der Waals surface area contributed by atoms with Crippen LogP contribution >= 0.6 is 11.8 Å². The van der Waals surface area contributed by atoms with Gasteiger partial charge in [0.1, 0.15) is 0 Å². The van der Waals surface area contributed by atoms with Crippen LogP contribution in [0.25, 0.3) is 0 Å². The summed E-state index contributed by atoms with van der Waals surface area (Å²) in [5.41, 5.74) is 5.24. The van der Waals surface area contributed by atoms with Crippen molar-refractivity contribution in [1.29, 1.82) is 5.26 Å².